The predicted molar refractivity (Wildman–Crippen MR) is 173 cm³/mol. The van der Waals surface area contributed by atoms with E-state index < -0.39 is 10.0 Å². The fourth-order valence-electron chi connectivity index (χ4n) is 5.62. The van der Waals surface area contributed by atoms with Gasteiger partial charge < -0.3 is 14.5 Å². The standard InChI is InChI=1S/C35H38FN3O4S/c1-23-24(2)26(4)34(27(5)25(23)3)44(41,42)37-31-15-11-29(12-16-31)35(40)39-19-17-38(18-20-39)32-7-6-8-33(21-32)43-22-28-9-13-30(36)14-10-28/h6-16,21,37H,17-20,22H2,1-5H3. The SMILES string of the molecule is Cc1c(C)c(C)c(S(=O)(=O)Nc2ccc(C(=O)N3CCN(c4cccc(OCc5ccc(F)cc5)c4)CC3)cc2)c(C)c1C. The Morgan fingerprint density at radius 3 is 2.00 bits per heavy atom. The monoisotopic (exact) mass is 615 g/mol. The molecule has 4 aromatic rings. The third kappa shape index (κ3) is 6.58. The lowest BCUT2D eigenvalue weighted by atomic mass is 9.95. The molecule has 1 saturated heterocycles. The van der Waals surface area contributed by atoms with E-state index in [-0.39, 0.29) is 11.7 Å². The van der Waals surface area contributed by atoms with Gasteiger partial charge in [0.25, 0.3) is 15.9 Å². The maximum atomic E-state index is 13.4. The number of carbonyl (C=O) groups excluding carboxylic acids is 1. The van der Waals surface area contributed by atoms with Crippen LogP contribution in [0.4, 0.5) is 15.8 Å². The molecule has 7 nitrogen and oxygen atoms in total. The fourth-order valence-corrected chi connectivity index (χ4v) is 7.28. The minimum atomic E-state index is -3.82. The average molecular weight is 616 g/mol. The van der Waals surface area contributed by atoms with Crippen molar-refractivity contribution in [3.63, 3.8) is 0 Å². The lowest BCUT2D eigenvalue weighted by molar-refractivity contribution is 0.0746. The summed E-state index contributed by atoms with van der Waals surface area (Å²) in [5.41, 5.74) is 7.33. The summed E-state index contributed by atoms with van der Waals surface area (Å²) in [5.74, 6) is 0.355. The van der Waals surface area contributed by atoms with Crippen molar-refractivity contribution in [1.82, 2.24) is 4.90 Å². The number of hydrogen-bond acceptors (Lipinski definition) is 5. The Balaban J connectivity index is 1.19. The highest BCUT2D eigenvalue weighted by Crippen LogP contribution is 2.31. The fraction of sp³-hybridized carbons (Fsp3) is 0.286. The quantitative estimate of drug-likeness (QED) is 0.238. The first-order valence-electron chi connectivity index (χ1n) is 14.7. The normalized spacial score (nSPS) is 13.6. The molecule has 0 aromatic heterocycles. The van der Waals surface area contributed by atoms with E-state index in [1.54, 1.807) is 36.4 Å². The minimum Gasteiger partial charge on any atom is -0.489 e. The van der Waals surface area contributed by atoms with Crippen molar-refractivity contribution in [2.45, 2.75) is 46.1 Å². The number of benzene rings is 4. The lowest BCUT2D eigenvalue weighted by Crippen LogP contribution is -2.48. The molecule has 0 atom stereocenters. The Kier molecular flexibility index (Phi) is 8.97. The Bertz CT molecular complexity index is 1750. The summed E-state index contributed by atoms with van der Waals surface area (Å²) in [6, 6.07) is 20.7. The average Bonchev–Trinajstić information content (AvgIpc) is 3.02. The van der Waals surface area contributed by atoms with Gasteiger partial charge in [0.05, 0.1) is 4.90 Å². The molecule has 1 aliphatic heterocycles. The highest BCUT2D eigenvalue weighted by Gasteiger charge is 2.25. The van der Waals surface area contributed by atoms with Crippen molar-refractivity contribution < 1.29 is 22.3 Å². The van der Waals surface area contributed by atoms with E-state index in [9.17, 15) is 17.6 Å². The first-order chi connectivity index (χ1) is 20.9. The molecule has 1 amide bonds. The molecule has 0 unspecified atom stereocenters. The van der Waals surface area contributed by atoms with E-state index in [2.05, 4.69) is 9.62 Å². The number of sulfonamides is 1. The van der Waals surface area contributed by atoms with Crippen molar-refractivity contribution >= 4 is 27.3 Å². The smallest absolute Gasteiger partial charge is 0.262 e. The number of nitrogens with one attached hydrogen (secondary N) is 1. The summed E-state index contributed by atoms with van der Waals surface area (Å²) in [6.45, 7) is 12.4. The van der Waals surface area contributed by atoms with Gasteiger partial charge in [0.2, 0.25) is 0 Å². The molecule has 9 heteroatoms. The number of piperazine rings is 1. The Labute approximate surface area is 259 Å². The van der Waals surface area contributed by atoms with Gasteiger partial charge in [0, 0.05) is 49.2 Å². The van der Waals surface area contributed by atoms with Crippen LogP contribution in [0.2, 0.25) is 0 Å². The molecule has 5 rings (SSSR count). The second kappa shape index (κ2) is 12.7. The van der Waals surface area contributed by atoms with Gasteiger partial charge in [-0.25, -0.2) is 12.8 Å². The number of ether oxygens (including phenoxy) is 1. The molecule has 0 saturated carbocycles. The highest BCUT2D eigenvalue weighted by molar-refractivity contribution is 7.92. The lowest BCUT2D eigenvalue weighted by Gasteiger charge is -2.36. The van der Waals surface area contributed by atoms with Crippen molar-refractivity contribution in [3.05, 3.63) is 118 Å². The molecular weight excluding hydrogens is 577 g/mol. The van der Waals surface area contributed by atoms with Crippen molar-refractivity contribution in [2.75, 3.05) is 35.8 Å². The van der Waals surface area contributed by atoms with Crippen molar-refractivity contribution in [3.8, 4) is 5.75 Å². The molecule has 44 heavy (non-hydrogen) atoms. The zero-order valence-electron chi connectivity index (χ0n) is 25.8. The molecule has 0 bridgehead atoms. The minimum absolute atomic E-state index is 0.0908. The predicted octanol–water partition coefficient (Wildman–Crippen LogP) is 6.71. The highest BCUT2D eigenvalue weighted by atomic mass is 32.2. The van der Waals surface area contributed by atoms with Crippen LogP contribution in [0.5, 0.6) is 5.75 Å². The summed E-state index contributed by atoms with van der Waals surface area (Å²) in [7, 11) is -3.82. The molecule has 230 valence electrons. The Morgan fingerprint density at radius 1 is 0.795 bits per heavy atom. The summed E-state index contributed by atoms with van der Waals surface area (Å²) >= 11 is 0. The summed E-state index contributed by atoms with van der Waals surface area (Å²) < 4.78 is 48.6. The van der Waals surface area contributed by atoms with Crippen LogP contribution < -0.4 is 14.4 Å². The van der Waals surface area contributed by atoms with Gasteiger partial charge >= 0.3 is 0 Å². The number of carbonyl (C=O) groups is 1. The van der Waals surface area contributed by atoms with Gasteiger partial charge in [-0.2, -0.15) is 0 Å². The summed E-state index contributed by atoms with van der Waals surface area (Å²) in [4.78, 5) is 17.6. The maximum Gasteiger partial charge on any atom is 0.262 e. The number of rotatable bonds is 8. The zero-order valence-corrected chi connectivity index (χ0v) is 26.6. The number of anilines is 2. The molecule has 1 heterocycles. The van der Waals surface area contributed by atoms with Crippen LogP contribution in [0.3, 0.4) is 0 Å². The molecule has 0 aliphatic carbocycles. The van der Waals surface area contributed by atoms with Crippen LogP contribution in [0, 0.1) is 40.4 Å². The number of hydrogen-bond donors (Lipinski definition) is 1. The molecule has 0 spiro atoms. The molecular formula is C35H38FN3O4S. The van der Waals surface area contributed by atoms with Crippen molar-refractivity contribution in [2.24, 2.45) is 0 Å². The maximum absolute atomic E-state index is 13.4. The van der Waals surface area contributed by atoms with E-state index in [0.717, 1.165) is 44.8 Å². The number of halogens is 1. The van der Waals surface area contributed by atoms with E-state index in [4.69, 9.17) is 4.74 Å². The van der Waals surface area contributed by atoms with E-state index in [0.29, 0.717) is 48.9 Å². The van der Waals surface area contributed by atoms with Gasteiger partial charge in [-0.1, -0.05) is 18.2 Å². The Hall–Kier alpha value is -4.37. The van der Waals surface area contributed by atoms with E-state index in [1.165, 1.54) is 12.1 Å². The number of amides is 1. The van der Waals surface area contributed by atoms with Crippen LogP contribution in [-0.2, 0) is 16.6 Å². The molecule has 1 N–H and O–H groups in total. The second-order valence-corrected chi connectivity index (χ2v) is 12.9. The van der Waals surface area contributed by atoms with Crippen molar-refractivity contribution in [1.29, 1.82) is 0 Å². The van der Waals surface area contributed by atoms with Gasteiger partial charge in [-0.05, 0) is 117 Å². The van der Waals surface area contributed by atoms with Crippen LogP contribution in [0.1, 0.15) is 43.7 Å². The van der Waals surface area contributed by atoms with Gasteiger partial charge in [0.15, 0.2) is 0 Å². The third-order valence-electron chi connectivity index (χ3n) is 8.65. The van der Waals surface area contributed by atoms with Gasteiger partial charge in [-0.3, -0.25) is 9.52 Å². The molecule has 1 fully saturated rings. The Morgan fingerprint density at radius 2 is 1.39 bits per heavy atom. The van der Waals surface area contributed by atoms with Crippen LogP contribution >= 0.6 is 0 Å². The van der Waals surface area contributed by atoms with Crippen LogP contribution in [0.15, 0.2) is 77.7 Å². The third-order valence-corrected chi connectivity index (χ3v) is 10.3. The van der Waals surface area contributed by atoms with Gasteiger partial charge in [-0.15, -0.1) is 0 Å². The topological polar surface area (TPSA) is 79.0 Å². The summed E-state index contributed by atoms with van der Waals surface area (Å²) in [6.07, 6.45) is 0. The van der Waals surface area contributed by atoms with E-state index in [1.807, 2.05) is 63.8 Å². The largest absolute Gasteiger partial charge is 0.489 e. The van der Waals surface area contributed by atoms with Gasteiger partial charge in [0.1, 0.15) is 18.2 Å². The summed E-state index contributed by atoms with van der Waals surface area (Å²) in [5, 5.41) is 0. The first-order valence-corrected chi connectivity index (χ1v) is 16.1. The molecule has 1 aliphatic rings. The first kappa shape index (κ1) is 31.1. The second-order valence-electron chi connectivity index (χ2n) is 11.3. The van der Waals surface area contributed by atoms with Crippen LogP contribution in [0.25, 0.3) is 0 Å². The molecule has 4 aromatic carbocycles. The molecule has 0 radical (unpaired) electrons. The number of nitrogens with zero attached hydrogens (tertiary/aromatic N) is 2. The zero-order chi connectivity index (χ0) is 31.6. The van der Waals surface area contributed by atoms with Crippen LogP contribution in [-0.4, -0.2) is 45.4 Å². The van der Waals surface area contributed by atoms with E-state index >= 15 is 0 Å².